The van der Waals surface area contributed by atoms with Crippen LogP contribution in [0.1, 0.15) is 34.9 Å². The van der Waals surface area contributed by atoms with Gasteiger partial charge in [-0.25, -0.2) is 4.79 Å². The molecule has 3 rings (SSSR count). The highest BCUT2D eigenvalue weighted by molar-refractivity contribution is 5.96. The second-order valence-electron chi connectivity index (χ2n) is 5.49. The largest absolute Gasteiger partial charge is 0.465 e. The van der Waals surface area contributed by atoms with E-state index in [0.717, 1.165) is 37.4 Å². The van der Waals surface area contributed by atoms with Crippen LogP contribution >= 0.6 is 0 Å². The summed E-state index contributed by atoms with van der Waals surface area (Å²) in [7, 11) is 1.36. The molecule has 0 radical (unpaired) electrons. The number of hydrogen-bond acceptors (Lipinski definition) is 6. The Morgan fingerprint density at radius 2 is 2.17 bits per heavy atom. The van der Waals surface area contributed by atoms with Gasteiger partial charge in [0.2, 0.25) is 0 Å². The van der Waals surface area contributed by atoms with Gasteiger partial charge in [-0.2, -0.15) is 5.10 Å². The van der Waals surface area contributed by atoms with Gasteiger partial charge >= 0.3 is 5.97 Å². The first-order valence-electron chi connectivity index (χ1n) is 7.62. The summed E-state index contributed by atoms with van der Waals surface area (Å²) in [5.74, 6) is -0.399. The number of methoxy groups -OCH3 is 1. The van der Waals surface area contributed by atoms with Crippen LogP contribution in [0.3, 0.4) is 0 Å². The molecule has 7 nitrogen and oxygen atoms in total. The summed E-state index contributed by atoms with van der Waals surface area (Å²) in [5.41, 5.74) is 2.78. The fourth-order valence-electron chi connectivity index (χ4n) is 2.67. The number of anilines is 2. The molecule has 1 aliphatic heterocycles. The van der Waals surface area contributed by atoms with E-state index < -0.39 is 5.97 Å². The highest BCUT2D eigenvalue weighted by atomic mass is 16.5. The number of aryl methyl sites for hydroxylation is 1. The van der Waals surface area contributed by atoms with E-state index in [0.29, 0.717) is 17.3 Å². The molecule has 0 bridgehead atoms. The molecule has 0 atom stereocenters. The molecule has 1 N–H and O–H groups in total. The number of hydrogen-bond donors (Lipinski definition) is 1. The Bertz CT molecular complexity index is 692. The summed E-state index contributed by atoms with van der Waals surface area (Å²) < 4.78 is 12.2. The smallest absolute Gasteiger partial charge is 0.340 e. The second kappa shape index (κ2) is 6.78. The molecular formula is C16H20N4O3. The first kappa shape index (κ1) is 15.5. The van der Waals surface area contributed by atoms with Crippen LogP contribution in [0.2, 0.25) is 0 Å². The number of ether oxygens (including phenoxy) is 2. The van der Waals surface area contributed by atoms with Gasteiger partial charge in [0.25, 0.3) is 0 Å². The number of nitrogens with one attached hydrogen (secondary N) is 1. The summed E-state index contributed by atoms with van der Waals surface area (Å²) >= 11 is 0. The van der Waals surface area contributed by atoms with Crippen molar-refractivity contribution in [2.45, 2.75) is 25.8 Å². The topological polar surface area (TPSA) is 78.3 Å². The number of carbonyl (C=O) groups excluding carboxylic acids is 1. The minimum atomic E-state index is -0.399. The van der Waals surface area contributed by atoms with E-state index in [9.17, 15) is 4.79 Å². The first-order chi connectivity index (χ1) is 11.2. The fourth-order valence-corrected chi connectivity index (χ4v) is 2.67. The maximum Gasteiger partial charge on any atom is 0.340 e. The Hall–Kier alpha value is -2.41. The lowest BCUT2D eigenvalue weighted by Crippen LogP contribution is -2.19. The molecule has 0 unspecified atom stereocenters. The van der Waals surface area contributed by atoms with Crippen LogP contribution in [0.15, 0.2) is 24.7 Å². The summed E-state index contributed by atoms with van der Waals surface area (Å²) in [5, 5.41) is 7.82. The van der Waals surface area contributed by atoms with E-state index >= 15 is 0 Å². The third-order valence-corrected chi connectivity index (χ3v) is 3.98. The molecule has 0 aromatic carbocycles. The molecule has 2 aromatic rings. The van der Waals surface area contributed by atoms with Crippen molar-refractivity contribution in [3.05, 3.63) is 35.9 Å². The highest BCUT2D eigenvalue weighted by Gasteiger charge is 2.19. The molecule has 3 heterocycles. The molecule has 1 aliphatic rings. The van der Waals surface area contributed by atoms with Crippen molar-refractivity contribution in [1.29, 1.82) is 0 Å². The molecule has 1 saturated heterocycles. The van der Waals surface area contributed by atoms with Gasteiger partial charge in [0, 0.05) is 25.6 Å². The number of rotatable bonds is 4. The van der Waals surface area contributed by atoms with Gasteiger partial charge in [0.05, 0.1) is 42.0 Å². The van der Waals surface area contributed by atoms with Crippen LogP contribution in [-0.4, -0.2) is 41.1 Å². The predicted molar refractivity (Wildman–Crippen MR) is 84.9 cm³/mol. The first-order valence-corrected chi connectivity index (χ1v) is 7.62. The van der Waals surface area contributed by atoms with Gasteiger partial charge < -0.3 is 14.8 Å². The van der Waals surface area contributed by atoms with Gasteiger partial charge in [-0.3, -0.25) is 9.67 Å². The third kappa shape index (κ3) is 3.34. The molecule has 23 heavy (non-hydrogen) atoms. The summed E-state index contributed by atoms with van der Waals surface area (Å²) in [6, 6.07) is 1.99. The molecule has 0 spiro atoms. The lowest BCUT2D eigenvalue weighted by atomic mass is 10.1. The lowest BCUT2D eigenvalue weighted by molar-refractivity contribution is 0.0601. The standard InChI is InChI=1S/C16H20N4O3/c1-11-15(10-20(19-11)12-4-7-23-8-5-12)18-14-9-17-6-3-13(14)16(21)22-2/h3,6,9-10,12,18H,4-5,7-8H2,1-2H3. The van der Waals surface area contributed by atoms with Crippen molar-refractivity contribution in [2.24, 2.45) is 0 Å². The SMILES string of the molecule is COC(=O)c1ccncc1Nc1cn(C2CCOCC2)nc1C. The Morgan fingerprint density at radius 1 is 1.39 bits per heavy atom. The third-order valence-electron chi connectivity index (χ3n) is 3.98. The predicted octanol–water partition coefficient (Wildman–Crippen LogP) is 2.47. The van der Waals surface area contributed by atoms with Crippen LogP contribution < -0.4 is 5.32 Å². The van der Waals surface area contributed by atoms with Gasteiger partial charge in [0.15, 0.2) is 0 Å². The lowest BCUT2D eigenvalue weighted by Gasteiger charge is -2.22. The number of aromatic nitrogens is 3. The molecule has 122 valence electrons. The molecule has 0 amide bonds. The number of esters is 1. The zero-order chi connectivity index (χ0) is 16.2. The maximum absolute atomic E-state index is 11.8. The van der Waals surface area contributed by atoms with Crippen molar-refractivity contribution >= 4 is 17.3 Å². The van der Waals surface area contributed by atoms with E-state index in [1.807, 2.05) is 17.8 Å². The van der Waals surface area contributed by atoms with Gasteiger partial charge in [-0.15, -0.1) is 0 Å². The average Bonchev–Trinajstić information content (AvgIpc) is 2.96. The Morgan fingerprint density at radius 3 is 2.91 bits per heavy atom. The van der Waals surface area contributed by atoms with E-state index in [1.54, 1.807) is 18.5 Å². The fraction of sp³-hybridized carbons (Fsp3) is 0.438. The van der Waals surface area contributed by atoms with Crippen LogP contribution in [0.5, 0.6) is 0 Å². The van der Waals surface area contributed by atoms with Crippen molar-refractivity contribution < 1.29 is 14.3 Å². The summed E-state index contributed by atoms with van der Waals surface area (Å²) in [4.78, 5) is 15.9. The molecule has 0 saturated carbocycles. The number of pyridine rings is 1. The Kier molecular flexibility index (Phi) is 4.57. The second-order valence-corrected chi connectivity index (χ2v) is 5.49. The normalized spacial score (nSPS) is 15.4. The van der Waals surface area contributed by atoms with E-state index in [-0.39, 0.29) is 0 Å². The van der Waals surface area contributed by atoms with Crippen molar-refractivity contribution in [2.75, 3.05) is 25.6 Å². The zero-order valence-electron chi connectivity index (χ0n) is 13.3. The van der Waals surface area contributed by atoms with E-state index in [2.05, 4.69) is 15.4 Å². The van der Waals surface area contributed by atoms with Gasteiger partial charge in [-0.1, -0.05) is 0 Å². The van der Waals surface area contributed by atoms with Crippen molar-refractivity contribution in [3.63, 3.8) is 0 Å². The molecular weight excluding hydrogens is 296 g/mol. The average molecular weight is 316 g/mol. The summed E-state index contributed by atoms with van der Waals surface area (Å²) in [6.45, 7) is 3.47. The molecule has 1 fully saturated rings. The Balaban J connectivity index is 1.83. The van der Waals surface area contributed by atoms with Gasteiger partial charge in [0.1, 0.15) is 0 Å². The molecule has 2 aromatic heterocycles. The highest BCUT2D eigenvalue weighted by Crippen LogP contribution is 2.26. The van der Waals surface area contributed by atoms with Crippen LogP contribution in [-0.2, 0) is 9.47 Å². The van der Waals surface area contributed by atoms with E-state index in [1.165, 1.54) is 7.11 Å². The minimum Gasteiger partial charge on any atom is -0.465 e. The maximum atomic E-state index is 11.8. The van der Waals surface area contributed by atoms with Crippen LogP contribution in [0.4, 0.5) is 11.4 Å². The quantitative estimate of drug-likeness (QED) is 0.873. The number of nitrogens with zero attached hydrogens (tertiary/aromatic N) is 3. The summed E-state index contributed by atoms with van der Waals surface area (Å²) in [6.07, 6.45) is 7.06. The van der Waals surface area contributed by atoms with Crippen LogP contribution in [0, 0.1) is 6.92 Å². The van der Waals surface area contributed by atoms with Crippen molar-refractivity contribution in [1.82, 2.24) is 14.8 Å². The minimum absolute atomic E-state index is 0.354. The zero-order valence-corrected chi connectivity index (χ0v) is 13.3. The molecule has 7 heteroatoms. The number of carbonyl (C=O) groups is 1. The van der Waals surface area contributed by atoms with Crippen LogP contribution in [0.25, 0.3) is 0 Å². The molecule has 0 aliphatic carbocycles. The van der Waals surface area contributed by atoms with Crippen molar-refractivity contribution in [3.8, 4) is 0 Å². The monoisotopic (exact) mass is 316 g/mol. The Labute approximate surface area is 134 Å². The van der Waals surface area contributed by atoms with Gasteiger partial charge in [-0.05, 0) is 25.8 Å². The van der Waals surface area contributed by atoms with E-state index in [4.69, 9.17) is 9.47 Å².